The lowest BCUT2D eigenvalue weighted by Gasteiger charge is -2.19. The molecule has 0 radical (unpaired) electrons. The van der Waals surface area contributed by atoms with Gasteiger partial charge >= 0.3 is 6.09 Å². The third kappa shape index (κ3) is 2.73. The molecular formula is C17H17FN4O3. The highest BCUT2D eigenvalue weighted by atomic mass is 19.1. The first-order chi connectivity index (χ1) is 11.9. The fraction of sp³-hybridized carbons (Fsp3) is 0.353. The second kappa shape index (κ2) is 5.58. The average Bonchev–Trinajstić information content (AvgIpc) is 3.20. The highest BCUT2D eigenvalue weighted by molar-refractivity contribution is 6.02. The number of fused-ring (bicyclic) bond motifs is 1. The topological polar surface area (TPSA) is 97.6 Å². The largest absolute Gasteiger partial charge is 0.447 e. The van der Waals surface area contributed by atoms with Gasteiger partial charge in [-0.3, -0.25) is 9.69 Å². The Morgan fingerprint density at radius 2 is 2.20 bits per heavy atom. The minimum atomic E-state index is -1.06. The van der Waals surface area contributed by atoms with E-state index in [0.29, 0.717) is 29.2 Å². The van der Waals surface area contributed by atoms with Crippen LogP contribution >= 0.6 is 0 Å². The Morgan fingerprint density at radius 3 is 2.84 bits per heavy atom. The van der Waals surface area contributed by atoms with E-state index in [0.717, 1.165) is 5.39 Å². The normalized spacial score (nSPS) is 25.1. The molecule has 1 aliphatic carbocycles. The third-order valence-corrected chi connectivity index (χ3v) is 4.52. The SMILES string of the molecule is CC1COC(=O)N1c1cc(N)c2cnc(NC(=O)[C@@H]3C[C@H]3F)cc2c1. The van der Waals surface area contributed by atoms with Gasteiger partial charge in [0.25, 0.3) is 0 Å². The van der Waals surface area contributed by atoms with Gasteiger partial charge in [-0.05, 0) is 36.9 Å². The van der Waals surface area contributed by atoms with Crippen molar-refractivity contribution in [3.05, 3.63) is 24.4 Å². The summed E-state index contributed by atoms with van der Waals surface area (Å²) in [5.41, 5.74) is 7.18. The summed E-state index contributed by atoms with van der Waals surface area (Å²) >= 11 is 0. The Labute approximate surface area is 142 Å². The molecule has 3 N–H and O–H groups in total. The standard InChI is InChI=1S/C17H17FN4O3/c1-8-7-25-17(24)22(8)10-2-9-3-15(20-6-12(9)14(19)4-10)21-16(23)11-5-13(11)18/h2-4,6,8,11,13H,5,7,19H2,1H3,(H,20,21,23)/t8?,11-,13-/m1/s1. The number of cyclic esters (lactones) is 1. The molecule has 0 spiro atoms. The van der Waals surface area contributed by atoms with Crippen molar-refractivity contribution < 1.29 is 18.7 Å². The number of pyridine rings is 1. The zero-order chi connectivity index (χ0) is 17.7. The molecule has 2 fully saturated rings. The van der Waals surface area contributed by atoms with Gasteiger partial charge in [-0.15, -0.1) is 0 Å². The molecule has 4 rings (SSSR count). The summed E-state index contributed by atoms with van der Waals surface area (Å²) in [6, 6.07) is 5.06. The Hall–Kier alpha value is -2.90. The number of nitrogens with two attached hydrogens (primary N) is 1. The number of nitrogens with zero attached hydrogens (tertiary/aromatic N) is 2. The van der Waals surface area contributed by atoms with Crippen LogP contribution in [-0.2, 0) is 9.53 Å². The monoisotopic (exact) mass is 344 g/mol. The van der Waals surface area contributed by atoms with E-state index < -0.39 is 18.2 Å². The zero-order valence-electron chi connectivity index (χ0n) is 13.5. The van der Waals surface area contributed by atoms with Gasteiger partial charge in [0, 0.05) is 17.3 Å². The lowest BCUT2D eigenvalue weighted by atomic mass is 10.1. The lowest BCUT2D eigenvalue weighted by Crippen LogP contribution is -2.30. The van der Waals surface area contributed by atoms with Crippen LogP contribution in [0.15, 0.2) is 24.4 Å². The Balaban J connectivity index is 1.68. The molecule has 130 valence electrons. The van der Waals surface area contributed by atoms with Crippen LogP contribution in [0.5, 0.6) is 0 Å². The number of anilines is 3. The molecule has 1 aromatic carbocycles. The minimum Gasteiger partial charge on any atom is -0.447 e. The van der Waals surface area contributed by atoms with Gasteiger partial charge in [0.05, 0.1) is 17.6 Å². The lowest BCUT2D eigenvalue weighted by molar-refractivity contribution is -0.117. The van der Waals surface area contributed by atoms with Crippen molar-refractivity contribution in [1.29, 1.82) is 0 Å². The maximum Gasteiger partial charge on any atom is 0.414 e. The number of halogens is 1. The van der Waals surface area contributed by atoms with Gasteiger partial charge in [0.1, 0.15) is 18.6 Å². The molecule has 1 unspecified atom stereocenters. The molecule has 2 aliphatic rings. The molecule has 1 saturated carbocycles. The van der Waals surface area contributed by atoms with E-state index in [4.69, 9.17) is 10.5 Å². The fourth-order valence-corrected chi connectivity index (χ4v) is 3.01. The highest BCUT2D eigenvalue weighted by Crippen LogP contribution is 2.35. The summed E-state index contributed by atoms with van der Waals surface area (Å²) < 4.78 is 18.0. The van der Waals surface area contributed by atoms with Crippen molar-refractivity contribution in [2.24, 2.45) is 5.92 Å². The molecule has 25 heavy (non-hydrogen) atoms. The van der Waals surface area contributed by atoms with E-state index in [-0.39, 0.29) is 18.4 Å². The zero-order valence-corrected chi connectivity index (χ0v) is 13.5. The van der Waals surface area contributed by atoms with Crippen molar-refractivity contribution in [2.75, 3.05) is 22.6 Å². The number of amides is 2. The maximum atomic E-state index is 13.0. The molecule has 2 aromatic rings. The number of aromatic nitrogens is 1. The number of nitrogen functional groups attached to an aromatic ring is 1. The van der Waals surface area contributed by atoms with Gasteiger partial charge in [-0.2, -0.15) is 0 Å². The first kappa shape index (κ1) is 15.6. The van der Waals surface area contributed by atoms with Crippen LogP contribution in [0.25, 0.3) is 10.8 Å². The van der Waals surface area contributed by atoms with E-state index in [9.17, 15) is 14.0 Å². The number of ether oxygens (including phenoxy) is 1. The second-order valence-electron chi connectivity index (χ2n) is 6.47. The number of alkyl halides is 1. The summed E-state index contributed by atoms with van der Waals surface area (Å²) in [5.74, 6) is -0.639. The molecule has 1 aliphatic heterocycles. The van der Waals surface area contributed by atoms with Crippen LogP contribution in [0.3, 0.4) is 0 Å². The van der Waals surface area contributed by atoms with Crippen molar-refractivity contribution in [1.82, 2.24) is 4.98 Å². The van der Waals surface area contributed by atoms with Crippen LogP contribution in [0.4, 0.5) is 26.4 Å². The Kier molecular flexibility index (Phi) is 3.48. The van der Waals surface area contributed by atoms with Crippen molar-refractivity contribution >= 4 is 40.0 Å². The number of nitrogens with one attached hydrogen (secondary N) is 1. The molecule has 0 bridgehead atoms. The van der Waals surface area contributed by atoms with E-state index in [1.54, 1.807) is 24.4 Å². The minimum absolute atomic E-state index is 0.0956. The highest BCUT2D eigenvalue weighted by Gasteiger charge is 2.43. The summed E-state index contributed by atoms with van der Waals surface area (Å²) in [6.45, 7) is 2.20. The van der Waals surface area contributed by atoms with Crippen LogP contribution in [0.1, 0.15) is 13.3 Å². The molecular weight excluding hydrogens is 327 g/mol. The molecule has 1 saturated heterocycles. The molecule has 3 atom stereocenters. The summed E-state index contributed by atoms with van der Waals surface area (Å²) in [6.07, 6.45) is 0.322. The summed E-state index contributed by atoms with van der Waals surface area (Å²) in [4.78, 5) is 29.5. The summed E-state index contributed by atoms with van der Waals surface area (Å²) in [5, 5.41) is 4.04. The average molecular weight is 344 g/mol. The predicted octanol–water partition coefficient (Wildman–Crippen LogP) is 2.46. The van der Waals surface area contributed by atoms with Crippen molar-refractivity contribution in [2.45, 2.75) is 25.6 Å². The predicted molar refractivity (Wildman–Crippen MR) is 91.1 cm³/mol. The number of benzene rings is 1. The molecule has 7 nitrogen and oxygen atoms in total. The van der Waals surface area contributed by atoms with Gasteiger partial charge in [0.2, 0.25) is 5.91 Å². The number of hydrogen-bond donors (Lipinski definition) is 2. The number of carbonyl (C=O) groups is 2. The first-order valence-electron chi connectivity index (χ1n) is 8.04. The molecule has 2 heterocycles. The number of carbonyl (C=O) groups excluding carboxylic acids is 2. The maximum absolute atomic E-state index is 13.0. The van der Waals surface area contributed by atoms with Crippen molar-refractivity contribution in [3.8, 4) is 0 Å². The number of rotatable bonds is 3. The van der Waals surface area contributed by atoms with E-state index in [2.05, 4.69) is 10.3 Å². The molecule has 1 aromatic heterocycles. The van der Waals surface area contributed by atoms with Gasteiger partial charge in [0.15, 0.2) is 0 Å². The third-order valence-electron chi connectivity index (χ3n) is 4.52. The summed E-state index contributed by atoms with van der Waals surface area (Å²) in [7, 11) is 0. The second-order valence-corrected chi connectivity index (χ2v) is 6.47. The quantitative estimate of drug-likeness (QED) is 0.834. The van der Waals surface area contributed by atoms with Crippen LogP contribution in [0, 0.1) is 5.92 Å². The Bertz CT molecular complexity index is 888. The van der Waals surface area contributed by atoms with E-state index in [1.165, 1.54) is 4.90 Å². The first-order valence-corrected chi connectivity index (χ1v) is 8.04. The van der Waals surface area contributed by atoms with Gasteiger partial charge in [-0.25, -0.2) is 14.2 Å². The van der Waals surface area contributed by atoms with Crippen LogP contribution in [0.2, 0.25) is 0 Å². The van der Waals surface area contributed by atoms with E-state index >= 15 is 0 Å². The van der Waals surface area contributed by atoms with Gasteiger partial charge in [-0.1, -0.05) is 0 Å². The fourth-order valence-electron chi connectivity index (χ4n) is 3.01. The smallest absolute Gasteiger partial charge is 0.414 e. The Morgan fingerprint density at radius 1 is 1.44 bits per heavy atom. The van der Waals surface area contributed by atoms with Crippen LogP contribution in [-0.4, -0.2) is 35.8 Å². The number of hydrogen-bond acceptors (Lipinski definition) is 5. The molecule has 8 heteroatoms. The van der Waals surface area contributed by atoms with E-state index in [1.807, 2.05) is 6.92 Å². The van der Waals surface area contributed by atoms with Crippen molar-refractivity contribution in [3.63, 3.8) is 0 Å². The molecule has 2 amide bonds. The van der Waals surface area contributed by atoms with Gasteiger partial charge < -0.3 is 15.8 Å². The van der Waals surface area contributed by atoms with Crippen LogP contribution < -0.4 is 16.0 Å².